The largest absolute Gasteiger partial charge is 0.370 e. The molecule has 0 unspecified atom stereocenters. The summed E-state index contributed by atoms with van der Waals surface area (Å²) in [6, 6.07) is 16.3. The van der Waals surface area contributed by atoms with Crippen LogP contribution in [-0.2, 0) is 12.8 Å². The highest BCUT2D eigenvalue weighted by molar-refractivity contribution is 6.30. The van der Waals surface area contributed by atoms with Crippen molar-refractivity contribution in [1.29, 1.82) is 5.26 Å². The molecule has 20 heavy (non-hydrogen) atoms. The predicted molar refractivity (Wildman–Crippen MR) is 82.2 cm³/mol. The Morgan fingerprint density at radius 2 is 1.65 bits per heavy atom. The summed E-state index contributed by atoms with van der Waals surface area (Å²) in [5.41, 5.74) is 4.47. The molecule has 1 aliphatic heterocycles. The van der Waals surface area contributed by atoms with Crippen molar-refractivity contribution in [1.82, 2.24) is 0 Å². The van der Waals surface area contributed by atoms with E-state index in [1.54, 1.807) is 12.1 Å². The molecule has 2 nitrogen and oxygen atoms in total. The molecule has 0 atom stereocenters. The molecule has 0 spiro atoms. The molecule has 0 bridgehead atoms. The van der Waals surface area contributed by atoms with Gasteiger partial charge in [0.2, 0.25) is 0 Å². The van der Waals surface area contributed by atoms with Crippen molar-refractivity contribution in [2.24, 2.45) is 0 Å². The highest BCUT2D eigenvalue weighted by Crippen LogP contribution is 2.27. The van der Waals surface area contributed by atoms with Gasteiger partial charge in [0.15, 0.2) is 0 Å². The molecule has 3 heteroatoms. The number of halogens is 1. The number of anilines is 1. The summed E-state index contributed by atoms with van der Waals surface area (Å²) in [4.78, 5) is 2.27. The van der Waals surface area contributed by atoms with E-state index < -0.39 is 0 Å². The number of hydrogen-bond acceptors (Lipinski definition) is 2. The summed E-state index contributed by atoms with van der Waals surface area (Å²) >= 11 is 6.09. The van der Waals surface area contributed by atoms with Gasteiger partial charge in [-0.25, -0.2) is 0 Å². The van der Waals surface area contributed by atoms with Crippen molar-refractivity contribution < 1.29 is 0 Å². The zero-order valence-electron chi connectivity index (χ0n) is 11.1. The van der Waals surface area contributed by atoms with Crippen LogP contribution in [0.1, 0.15) is 16.7 Å². The van der Waals surface area contributed by atoms with Crippen LogP contribution in [0.3, 0.4) is 0 Å². The first-order valence-electron chi connectivity index (χ1n) is 6.79. The first-order chi connectivity index (χ1) is 9.78. The van der Waals surface area contributed by atoms with E-state index in [0.29, 0.717) is 10.6 Å². The van der Waals surface area contributed by atoms with Crippen LogP contribution in [-0.4, -0.2) is 13.1 Å². The van der Waals surface area contributed by atoms with Gasteiger partial charge in [-0.15, -0.1) is 0 Å². The van der Waals surface area contributed by atoms with Crippen molar-refractivity contribution in [3.63, 3.8) is 0 Å². The third-order valence-corrected chi connectivity index (χ3v) is 4.08. The fourth-order valence-electron chi connectivity index (χ4n) is 2.77. The topological polar surface area (TPSA) is 27.0 Å². The maximum Gasteiger partial charge on any atom is 0.101 e. The lowest BCUT2D eigenvalue weighted by molar-refractivity contribution is 0.804. The van der Waals surface area contributed by atoms with Gasteiger partial charge in [0, 0.05) is 18.1 Å². The van der Waals surface area contributed by atoms with Crippen LogP contribution < -0.4 is 4.90 Å². The molecule has 0 saturated carbocycles. The van der Waals surface area contributed by atoms with E-state index in [1.165, 1.54) is 11.1 Å². The average Bonchev–Trinajstić information content (AvgIpc) is 2.70. The maximum atomic E-state index is 9.26. The molecule has 2 aromatic carbocycles. The third kappa shape index (κ3) is 2.50. The van der Waals surface area contributed by atoms with E-state index in [9.17, 15) is 5.26 Å². The molecule has 100 valence electrons. The number of rotatable bonds is 1. The number of hydrogen-bond donors (Lipinski definition) is 0. The Kier molecular flexibility index (Phi) is 3.62. The van der Waals surface area contributed by atoms with Gasteiger partial charge in [-0.05, 0) is 42.2 Å². The molecule has 1 aliphatic rings. The van der Waals surface area contributed by atoms with E-state index in [-0.39, 0.29) is 0 Å². The maximum absolute atomic E-state index is 9.26. The smallest absolute Gasteiger partial charge is 0.101 e. The Morgan fingerprint density at radius 1 is 1.00 bits per heavy atom. The Hall–Kier alpha value is -1.98. The van der Waals surface area contributed by atoms with Crippen molar-refractivity contribution in [2.45, 2.75) is 12.8 Å². The zero-order chi connectivity index (χ0) is 13.9. The fraction of sp³-hybridized carbons (Fsp3) is 0.235. The molecule has 0 fully saturated rings. The Bertz CT molecular complexity index is 646. The van der Waals surface area contributed by atoms with Crippen LogP contribution in [0.15, 0.2) is 42.5 Å². The monoisotopic (exact) mass is 282 g/mol. The lowest BCUT2D eigenvalue weighted by Crippen LogP contribution is -2.26. The molecule has 1 heterocycles. The molecular weight excluding hydrogens is 268 g/mol. The van der Waals surface area contributed by atoms with Crippen molar-refractivity contribution in [3.05, 3.63) is 64.2 Å². The zero-order valence-corrected chi connectivity index (χ0v) is 11.9. The molecule has 0 N–H and O–H groups in total. The van der Waals surface area contributed by atoms with Crippen LogP contribution in [0, 0.1) is 11.3 Å². The standard InChI is InChI=1S/C17H15ClN2/c18-16-6-5-15(12-19)17(11-16)20-9-7-13-3-1-2-4-14(13)8-10-20/h1-6,11H,7-10H2. The Balaban J connectivity index is 1.91. The summed E-state index contributed by atoms with van der Waals surface area (Å²) < 4.78 is 0. The second-order valence-corrected chi connectivity index (χ2v) is 5.47. The summed E-state index contributed by atoms with van der Waals surface area (Å²) in [7, 11) is 0. The van der Waals surface area contributed by atoms with Gasteiger partial charge in [-0.1, -0.05) is 35.9 Å². The van der Waals surface area contributed by atoms with Gasteiger partial charge < -0.3 is 4.90 Å². The molecular formula is C17H15ClN2. The van der Waals surface area contributed by atoms with Crippen LogP contribution in [0.25, 0.3) is 0 Å². The molecule has 0 saturated heterocycles. The van der Waals surface area contributed by atoms with Crippen molar-refractivity contribution in [3.8, 4) is 6.07 Å². The van der Waals surface area contributed by atoms with Gasteiger partial charge in [0.1, 0.15) is 6.07 Å². The third-order valence-electron chi connectivity index (χ3n) is 3.84. The van der Waals surface area contributed by atoms with Gasteiger partial charge >= 0.3 is 0 Å². The quantitative estimate of drug-likeness (QED) is 0.795. The Labute approximate surface area is 124 Å². The number of benzene rings is 2. The van der Waals surface area contributed by atoms with E-state index in [1.807, 2.05) is 6.07 Å². The molecule has 0 aliphatic carbocycles. The molecule has 0 radical (unpaired) electrons. The summed E-state index contributed by atoms with van der Waals surface area (Å²) in [5, 5.41) is 9.95. The first kappa shape index (κ1) is 13.0. The predicted octanol–water partition coefficient (Wildman–Crippen LogP) is 3.82. The van der Waals surface area contributed by atoms with Crippen molar-refractivity contribution in [2.75, 3.05) is 18.0 Å². The van der Waals surface area contributed by atoms with E-state index in [0.717, 1.165) is 31.6 Å². The van der Waals surface area contributed by atoms with Crippen LogP contribution in [0.2, 0.25) is 5.02 Å². The second-order valence-electron chi connectivity index (χ2n) is 5.03. The van der Waals surface area contributed by atoms with Crippen LogP contribution in [0.4, 0.5) is 5.69 Å². The highest BCUT2D eigenvalue weighted by atomic mass is 35.5. The molecule has 0 amide bonds. The number of nitriles is 1. The minimum Gasteiger partial charge on any atom is -0.370 e. The molecule has 2 aromatic rings. The summed E-state index contributed by atoms with van der Waals surface area (Å²) in [6.45, 7) is 1.85. The Morgan fingerprint density at radius 3 is 2.25 bits per heavy atom. The average molecular weight is 283 g/mol. The SMILES string of the molecule is N#Cc1ccc(Cl)cc1N1CCc2ccccc2CC1. The first-order valence-corrected chi connectivity index (χ1v) is 7.17. The summed E-state index contributed by atoms with van der Waals surface area (Å²) in [6.07, 6.45) is 2.01. The number of nitrogens with zero attached hydrogens (tertiary/aromatic N) is 2. The lowest BCUT2D eigenvalue weighted by Gasteiger charge is -2.23. The van der Waals surface area contributed by atoms with Gasteiger partial charge in [-0.2, -0.15) is 5.26 Å². The van der Waals surface area contributed by atoms with E-state index >= 15 is 0 Å². The van der Waals surface area contributed by atoms with Crippen molar-refractivity contribution >= 4 is 17.3 Å². The van der Waals surface area contributed by atoms with E-state index in [2.05, 4.69) is 35.2 Å². The van der Waals surface area contributed by atoms with Gasteiger partial charge in [0.25, 0.3) is 0 Å². The van der Waals surface area contributed by atoms with Crippen LogP contribution >= 0.6 is 11.6 Å². The fourth-order valence-corrected chi connectivity index (χ4v) is 2.94. The lowest BCUT2D eigenvalue weighted by atomic mass is 10.0. The second kappa shape index (κ2) is 5.56. The minimum absolute atomic E-state index is 0.681. The minimum atomic E-state index is 0.681. The van der Waals surface area contributed by atoms with E-state index in [4.69, 9.17) is 11.6 Å². The molecule has 3 rings (SSSR count). The molecule has 0 aromatic heterocycles. The van der Waals surface area contributed by atoms with Crippen LogP contribution in [0.5, 0.6) is 0 Å². The highest BCUT2D eigenvalue weighted by Gasteiger charge is 2.16. The van der Waals surface area contributed by atoms with Gasteiger partial charge in [-0.3, -0.25) is 0 Å². The number of fused-ring (bicyclic) bond motifs is 1. The summed E-state index contributed by atoms with van der Waals surface area (Å²) in [5.74, 6) is 0. The van der Waals surface area contributed by atoms with Gasteiger partial charge in [0.05, 0.1) is 11.3 Å². The normalized spacial score (nSPS) is 14.3.